The van der Waals surface area contributed by atoms with E-state index < -0.39 is 5.97 Å². The zero-order chi connectivity index (χ0) is 14.5. The minimum atomic E-state index is -0.556. The average Bonchev–Trinajstić information content (AvgIpc) is 2.47. The van der Waals surface area contributed by atoms with E-state index in [1.54, 1.807) is 0 Å². The van der Waals surface area contributed by atoms with Gasteiger partial charge in [-0.15, -0.1) is 0 Å². The largest absolute Gasteiger partial charge is 0.465 e. The van der Waals surface area contributed by atoms with Crippen LogP contribution in [0.2, 0.25) is 0 Å². The molecule has 0 saturated heterocycles. The molecule has 2 heterocycles. The lowest BCUT2D eigenvalue weighted by Crippen LogP contribution is -2.07. The van der Waals surface area contributed by atoms with Crippen LogP contribution in [0.4, 0.5) is 17.3 Å². The van der Waals surface area contributed by atoms with Gasteiger partial charge in [0.15, 0.2) is 5.69 Å². The first kappa shape index (κ1) is 13.2. The van der Waals surface area contributed by atoms with Gasteiger partial charge in [-0.05, 0) is 0 Å². The van der Waals surface area contributed by atoms with Gasteiger partial charge in [-0.3, -0.25) is 0 Å². The summed E-state index contributed by atoms with van der Waals surface area (Å²) in [6.07, 6.45) is 4.03. The summed E-state index contributed by atoms with van der Waals surface area (Å²) in [6, 6.07) is 3.34. The lowest BCUT2D eigenvalue weighted by molar-refractivity contribution is 0.0601. The molecular formula is C12H10N6O2. The summed E-state index contributed by atoms with van der Waals surface area (Å²) in [6.45, 7) is 0. The number of nitrogen functional groups attached to an aromatic ring is 1. The molecule has 100 valence electrons. The fourth-order valence-electron chi connectivity index (χ4n) is 1.40. The maximum Gasteiger partial charge on any atom is 0.341 e. The number of nitrogens with one attached hydrogen (secondary N) is 1. The highest BCUT2D eigenvalue weighted by molar-refractivity contribution is 5.95. The Morgan fingerprint density at radius 1 is 1.30 bits per heavy atom. The lowest BCUT2D eigenvalue weighted by atomic mass is 10.2. The van der Waals surface area contributed by atoms with Crippen molar-refractivity contribution in [2.75, 3.05) is 18.2 Å². The monoisotopic (exact) mass is 270 g/mol. The smallest absolute Gasteiger partial charge is 0.341 e. The van der Waals surface area contributed by atoms with E-state index in [4.69, 9.17) is 11.0 Å². The maximum atomic E-state index is 11.4. The number of carbonyl (C=O) groups is 1. The van der Waals surface area contributed by atoms with Gasteiger partial charge >= 0.3 is 5.97 Å². The second kappa shape index (κ2) is 5.62. The fourth-order valence-corrected chi connectivity index (χ4v) is 1.40. The predicted octanol–water partition coefficient (Wildman–Crippen LogP) is 0.856. The van der Waals surface area contributed by atoms with Crippen LogP contribution in [0.1, 0.15) is 16.1 Å². The van der Waals surface area contributed by atoms with Gasteiger partial charge in [0.2, 0.25) is 0 Å². The van der Waals surface area contributed by atoms with E-state index in [9.17, 15) is 4.79 Å². The molecule has 0 radical (unpaired) electrons. The molecule has 0 unspecified atom stereocenters. The zero-order valence-corrected chi connectivity index (χ0v) is 10.5. The first-order valence-corrected chi connectivity index (χ1v) is 5.47. The predicted molar refractivity (Wildman–Crippen MR) is 70.0 cm³/mol. The van der Waals surface area contributed by atoms with Gasteiger partial charge < -0.3 is 15.8 Å². The number of esters is 1. The molecule has 8 nitrogen and oxygen atoms in total. The standard InChI is InChI=1S/C12H10N6O2/c1-20-12(19)8-5-17-10(2-9(8)14)18-11-6-15-7(3-13)4-16-11/h2,4-6H,1H3,(H3,14,16,17,18). The van der Waals surface area contributed by atoms with Crippen LogP contribution >= 0.6 is 0 Å². The van der Waals surface area contributed by atoms with Crippen LogP contribution in [0.15, 0.2) is 24.7 Å². The van der Waals surface area contributed by atoms with E-state index in [2.05, 4.69) is 25.0 Å². The van der Waals surface area contributed by atoms with Crippen molar-refractivity contribution in [1.29, 1.82) is 5.26 Å². The molecule has 2 rings (SSSR count). The van der Waals surface area contributed by atoms with Crippen LogP contribution in [0.5, 0.6) is 0 Å². The van der Waals surface area contributed by atoms with Gasteiger partial charge in [-0.25, -0.2) is 19.7 Å². The summed E-state index contributed by atoms with van der Waals surface area (Å²) < 4.78 is 4.57. The summed E-state index contributed by atoms with van der Waals surface area (Å²) in [5, 5.41) is 11.5. The summed E-state index contributed by atoms with van der Waals surface area (Å²) >= 11 is 0. The molecule has 0 aliphatic carbocycles. The first-order valence-electron chi connectivity index (χ1n) is 5.47. The van der Waals surface area contributed by atoms with Crippen molar-refractivity contribution < 1.29 is 9.53 Å². The molecule has 0 amide bonds. The van der Waals surface area contributed by atoms with Crippen LogP contribution in [0.25, 0.3) is 0 Å². The van der Waals surface area contributed by atoms with Crippen molar-refractivity contribution in [2.24, 2.45) is 0 Å². The molecule has 20 heavy (non-hydrogen) atoms. The Morgan fingerprint density at radius 3 is 2.60 bits per heavy atom. The lowest BCUT2D eigenvalue weighted by Gasteiger charge is -2.07. The SMILES string of the molecule is COC(=O)c1cnc(Nc2cnc(C#N)cn2)cc1N. The number of nitriles is 1. The third-order valence-electron chi connectivity index (χ3n) is 2.36. The second-order valence-corrected chi connectivity index (χ2v) is 3.67. The number of aromatic nitrogens is 3. The van der Waals surface area contributed by atoms with Gasteiger partial charge in [-0.2, -0.15) is 5.26 Å². The van der Waals surface area contributed by atoms with Gasteiger partial charge in [0.25, 0.3) is 0 Å². The number of nitrogens with zero attached hydrogens (tertiary/aromatic N) is 4. The van der Waals surface area contributed by atoms with Gasteiger partial charge in [0.1, 0.15) is 23.3 Å². The van der Waals surface area contributed by atoms with Crippen LogP contribution in [0.3, 0.4) is 0 Å². The molecule has 0 aliphatic rings. The van der Waals surface area contributed by atoms with Crippen molar-refractivity contribution in [2.45, 2.75) is 0 Å². The highest BCUT2D eigenvalue weighted by Crippen LogP contribution is 2.18. The normalized spacial score (nSPS) is 9.60. The first-order chi connectivity index (χ1) is 9.63. The van der Waals surface area contributed by atoms with Crippen LogP contribution < -0.4 is 11.1 Å². The van der Waals surface area contributed by atoms with E-state index in [1.165, 1.54) is 31.8 Å². The molecule has 0 bridgehead atoms. The number of carbonyl (C=O) groups excluding carboxylic acids is 1. The van der Waals surface area contributed by atoms with Gasteiger partial charge in [0.05, 0.1) is 25.2 Å². The van der Waals surface area contributed by atoms with Crippen molar-refractivity contribution in [3.63, 3.8) is 0 Å². The van der Waals surface area contributed by atoms with E-state index in [0.717, 1.165) is 0 Å². The summed E-state index contributed by atoms with van der Waals surface area (Å²) in [7, 11) is 1.26. The summed E-state index contributed by atoms with van der Waals surface area (Å²) in [5.74, 6) is 0.246. The Labute approximate surface area is 114 Å². The topological polar surface area (TPSA) is 127 Å². The Hall–Kier alpha value is -3.21. The highest BCUT2D eigenvalue weighted by atomic mass is 16.5. The number of anilines is 3. The Kier molecular flexibility index (Phi) is 3.72. The van der Waals surface area contributed by atoms with Crippen molar-refractivity contribution in [3.05, 3.63) is 35.9 Å². The Balaban J connectivity index is 2.20. The maximum absolute atomic E-state index is 11.4. The molecule has 0 atom stereocenters. The third-order valence-corrected chi connectivity index (χ3v) is 2.36. The highest BCUT2D eigenvalue weighted by Gasteiger charge is 2.11. The van der Waals surface area contributed by atoms with Crippen LogP contribution in [-0.4, -0.2) is 28.0 Å². The van der Waals surface area contributed by atoms with Crippen molar-refractivity contribution >= 4 is 23.3 Å². The van der Waals surface area contributed by atoms with Crippen LogP contribution in [-0.2, 0) is 4.74 Å². The number of hydrogen-bond acceptors (Lipinski definition) is 8. The molecule has 3 N–H and O–H groups in total. The van der Waals surface area contributed by atoms with Gasteiger partial charge in [-0.1, -0.05) is 0 Å². The summed E-state index contributed by atoms with van der Waals surface area (Å²) in [4.78, 5) is 23.2. The average molecular weight is 270 g/mol. The molecular weight excluding hydrogens is 260 g/mol. The number of methoxy groups -OCH3 is 1. The van der Waals surface area contributed by atoms with Crippen molar-refractivity contribution in [1.82, 2.24) is 15.0 Å². The van der Waals surface area contributed by atoms with E-state index in [1.807, 2.05) is 6.07 Å². The second-order valence-electron chi connectivity index (χ2n) is 3.67. The zero-order valence-electron chi connectivity index (χ0n) is 10.5. The van der Waals surface area contributed by atoms with Gasteiger partial charge in [0, 0.05) is 12.3 Å². The Bertz CT molecular complexity index is 677. The molecule has 0 spiro atoms. The molecule has 8 heteroatoms. The summed E-state index contributed by atoms with van der Waals surface area (Å²) in [5.41, 5.74) is 6.37. The molecule has 0 aromatic carbocycles. The number of pyridine rings is 1. The number of hydrogen-bond donors (Lipinski definition) is 2. The number of ether oxygens (including phenoxy) is 1. The number of nitrogens with two attached hydrogens (primary N) is 1. The van der Waals surface area contributed by atoms with Crippen LogP contribution in [0, 0.1) is 11.3 Å². The minimum absolute atomic E-state index is 0.184. The fraction of sp³-hybridized carbons (Fsp3) is 0.0833. The number of rotatable bonds is 3. The van der Waals surface area contributed by atoms with Crippen molar-refractivity contribution in [3.8, 4) is 6.07 Å². The molecule has 2 aromatic heterocycles. The minimum Gasteiger partial charge on any atom is -0.465 e. The quantitative estimate of drug-likeness (QED) is 0.786. The molecule has 0 saturated carbocycles. The van der Waals surface area contributed by atoms with E-state index >= 15 is 0 Å². The van der Waals surface area contributed by atoms with E-state index in [0.29, 0.717) is 11.6 Å². The third kappa shape index (κ3) is 2.78. The Morgan fingerprint density at radius 2 is 2.05 bits per heavy atom. The molecule has 0 fully saturated rings. The molecule has 2 aromatic rings. The molecule has 0 aliphatic heterocycles. The van der Waals surface area contributed by atoms with E-state index in [-0.39, 0.29) is 16.9 Å².